The maximum Gasteiger partial charge on any atom is 0.234 e. The van der Waals surface area contributed by atoms with Crippen molar-refractivity contribution in [3.63, 3.8) is 0 Å². The van der Waals surface area contributed by atoms with E-state index in [0.29, 0.717) is 22.3 Å². The molecule has 0 unspecified atom stereocenters. The third-order valence-electron chi connectivity index (χ3n) is 5.31. The van der Waals surface area contributed by atoms with Gasteiger partial charge in [-0.05, 0) is 44.0 Å². The average Bonchev–Trinajstić information content (AvgIpc) is 3.42. The third-order valence-corrected chi connectivity index (χ3v) is 6.23. The lowest BCUT2D eigenvalue weighted by Crippen LogP contribution is -2.18. The van der Waals surface area contributed by atoms with Crippen molar-refractivity contribution in [3.8, 4) is 0 Å². The molecule has 0 atom stereocenters. The predicted molar refractivity (Wildman–Crippen MR) is 117 cm³/mol. The SMILES string of the molecule is CC(=O)c1cccc(NC(=O)CSc2nnc(C3CCCCC3)n2-n2cccc2)c1. The summed E-state index contributed by atoms with van der Waals surface area (Å²) in [4.78, 5) is 24.0. The fourth-order valence-electron chi connectivity index (χ4n) is 3.80. The van der Waals surface area contributed by atoms with Crippen LogP contribution in [0.5, 0.6) is 0 Å². The minimum absolute atomic E-state index is 0.0319. The Labute approximate surface area is 179 Å². The molecule has 1 amide bonds. The number of nitrogens with zero attached hydrogens (tertiary/aromatic N) is 4. The van der Waals surface area contributed by atoms with Crippen molar-refractivity contribution in [1.29, 1.82) is 0 Å². The van der Waals surface area contributed by atoms with E-state index in [1.807, 2.05) is 33.9 Å². The highest BCUT2D eigenvalue weighted by atomic mass is 32.2. The molecule has 1 saturated carbocycles. The van der Waals surface area contributed by atoms with Crippen molar-refractivity contribution >= 4 is 29.1 Å². The van der Waals surface area contributed by atoms with Gasteiger partial charge in [-0.25, -0.2) is 4.68 Å². The summed E-state index contributed by atoms with van der Waals surface area (Å²) in [6.07, 6.45) is 9.88. The van der Waals surface area contributed by atoms with Crippen LogP contribution in [0.15, 0.2) is 53.9 Å². The normalized spacial score (nSPS) is 14.6. The van der Waals surface area contributed by atoms with E-state index < -0.39 is 0 Å². The molecule has 0 spiro atoms. The zero-order valence-electron chi connectivity index (χ0n) is 17.0. The number of anilines is 1. The van der Waals surface area contributed by atoms with Crippen molar-refractivity contribution in [1.82, 2.24) is 19.5 Å². The molecule has 1 aliphatic rings. The van der Waals surface area contributed by atoms with Gasteiger partial charge in [0.05, 0.1) is 5.75 Å². The van der Waals surface area contributed by atoms with Gasteiger partial charge in [0.2, 0.25) is 11.1 Å². The van der Waals surface area contributed by atoms with Crippen molar-refractivity contribution < 1.29 is 9.59 Å². The number of nitrogens with one attached hydrogen (secondary N) is 1. The first-order valence-electron chi connectivity index (χ1n) is 10.2. The molecule has 0 saturated heterocycles. The van der Waals surface area contributed by atoms with E-state index in [-0.39, 0.29) is 17.4 Å². The van der Waals surface area contributed by atoms with E-state index in [9.17, 15) is 9.59 Å². The highest BCUT2D eigenvalue weighted by Crippen LogP contribution is 2.33. The summed E-state index contributed by atoms with van der Waals surface area (Å²) < 4.78 is 3.99. The van der Waals surface area contributed by atoms with Gasteiger partial charge in [-0.1, -0.05) is 43.2 Å². The van der Waals surface area contributed by atoms with Crippen molar-refractivity contribution in [2.24, 2.45) is 0 Å². The smallest absolute Gasteiger partial charge is 0.234 e. The van der Waals surface area contributed by atoms with Crippen molar-refractivity contribution in [2.75, 3.05) is 11.1 Å². The average molecular weight is 424 g/mol. The molecule has 3 aromatic rings. The van der Waals surface area contributed by atoms with Crippen LogP contribution in [-0.2, 0) is 4.79 Å². The van der Waals surface area contributed by atoms with E-state index in [1.165, 1.54) is 37.9 Å². The van der Waals surface area contributed by atoms with Crippen LogP contribution in [0.25, 0.3) is 0 Å². The number of amides is 1. The Morgan fingerprint density at radius 3 is 2.60 bits per heavy atom. The molecule has 8 heteroatoms. The van der Waals surface area contributed by atoms with Gasteiger partial charge in [0, 0.05) is 29.6 Å². The van der Waals surface area contributed by atoms with Crippen LogP contribution in [0.4, 0.5) is 5.69 Å². The maximum atomic E-state index is 12.5. The van der Waals surface area contributed by atoms with E-state index in [4.69, 9.17) is 0 Å². The fraction of sp³-hybridized carbons (Fsp3) is 0.364. The first-order valence-corrected chi connectivity index (χ1v) is 11.2. The molecule has 1 aliphatic carbocycles. The molecule has 1 fully saturated rings. The van der Waals surface area contributed by atoms with Gasteiger partial charge in [-0.2, -0.15) is 0 Å². The second-order valence-corrected chi connectivity index (χ2v) is 8.47. The van der Waals surface area contributed by atoms with Gasteiger partial charge >= 0.3 is 0 Å². The molecule has 4 rings (SSSR count). The molecule has 156 valence electrons. The second-order valence-electron chi connectivity index (χ2n) is 7.52. The Morgan fingerprint density at radius 2 is 1.87 bits per heavy atom. The topological polar surface area (TPSA) is 81.8 Å². The fourth-order valence-corrected chi connectivity index (χ4v) is 4.54. The van der Waals surface area contributed by atoms with Crippen LogP contribution in [0.3, 0.4) is 0 Å². The van der Waals surface area contributed by atoms with Crippen molar-refractivity contribution in [2.45, 2.75) is 50.1 Å². The summed E-state index contributed by atoms with van der Waals surface area (Å²) in [6, 6.07) is 10.9. The van der Waals surface area contributed by atoms with Gasteiger partial charge in [0.15, 0.2) is 11.6 Å². The Morgan fingerprint density at radius 1 is 1.10 bits per heavy atom. The molecule has 1 aromatic carbocycles. The number of hydrogen-bond acceptors (Lipinski definition) is 5. The monoisotopic (exact) mass is 423 g/mol. The molecular weight excluding hydrogens is 398 g/mol. The second kappa shape index (κ2) is 9.30. The van der Waals surface area contributed by atoms with Crippen molar-refractivity contribution in [3.05, 3.63) is 60.2 Å². The maximum absolute atomic E-state index is 12.5. The number of benzene rings is 1. The van der Waals surface area contributed by atoms with Crippen LogP contribution in [-0.4, -0.2) is 37.0 Å². The van der Waals surface area contributed by atoms with Crippen LogP contribution in [0.1, 0.15) is 61.1 Å². The van der Waals surface area contributed by atoms with Gasteiger partial charge in [-0.15, -0.1) is 10.2 Å². The van der Waals surface area contributed by atoms with E-state index >= 15 is 0 Å². The summed E-state index contributed by atoms with van der Waals surface area (Å²) in [5.74, 6) is 1.38. The number of hydrogen-bond donors (Lipinski definition) is 1. The largest absolute Gasteiger partial charge is 0.325 e. The number of carbonyl (C=O) groups excluding carboxylic acids is 2. The van der Waals surface area contributed by atoms with Crippen LogP contribution in [0.2, 0.25) is 0 Å². The lowest BCUT2D eigenvalue weighted by Gasteiger charge is -2.22. The number of thioether (sulfide) groups is 1. The minimum atomic E-state index is -0.151. The molecule has 2 aromatic heterocycles. The summed E-state index contributed by atoms with van der Waals surface area (Å²) in [5, 5.41) is 12.4. The summed E-state index contributed by atoms with van der Waals surface area (Å²) in [7, 11) is 0. The summed E-state index contributed by atoms with van der Waals surface area (Å²) in [6.45, 7) is 1.51. The Balaban J connectivity index is 1.48. The Hall–Kier alpha value is -2.87. The van der Waals surface area contributed by atoms with Crippen LogP contribution in [0, 0.1) is 0 Å². The van der Waals surface area contributed by atoms with Gasteiger partial charge < -0.3 is 5.32 Å². The molecule has 0 radical (unpaired) electrons. The highest BCUT2D eigenvalue weighted by molar-refractivity contribution is 7.99. The Kier molecular flexibility index (Phi) is 6.32. The van der Waals surface area contributed by atoms with E-state index in [2.05, 4.69) is 15.5 Å². The van der Waals surface area contributed by atoms with Gasteiger partial charge in [0.1, 0.15) is 0 Å². The molecule has 30 heavy (non-hydrogen) atoms. The van der Waals surface area contributed by atoms with E-state index in [0.717, 1.165) is 18.7 Å². The predicted octanol–water partition coefficient (Wildman–Crippen LogP) is 4.37. The number of aromatic nitrogens is 4. The standard InChI is InChI=1S/C22H25N5O2S/c1-16(28)18-10-7-11-19(14-18)23-20(29)15-30-22-25-24-21(17-8-3-2-4-9-17)27(22)26-12-5-6-13-26/h5-7,10-14,17H,2-4,8-9,15H2,1H3,(H,23,29). The lowest BCUT2D eigenvalue weighted by molar-refractivity contribution is -0.113. The number of Topliss-reactive ketones (excluding diaryl/α,β-unsaturated/α-hetero) is 1. The zero-order chi connectivity index (χ0) is 20.9. The molecule has 0 bridgehead atoms. The Bertz CT molecular complexity index is 1020. The molecular formula is C22H25N5O2S. The minimum Gasteiger partial charge on any atom is -0.325 e. The first-order chi connectivity index (χ1) is 14.6. The first kappa shape index (κ1) is 20.4. The number of carbonyl (C=O) groups is 2. The number of ketones is 1. The molecule has 1 N–H and O–H groups in total. The lowest BCUT2D eigenvalue weighted by atomic mass is 9.89. The summed E-state index contributed by atoms with van der Waals surface area (Å²) in [5.41, 5.74) is 1.19. The highest BCUT2D eigenvalue weighted by Gasteiger charge is 2.24. The van der Waals surface area contributed by atoms with Crippen LogP contribution < -0.4 is 5.32 Å². The zero-order valence-corrected chi connectivity index (χ0v) is 17.8. The quantitative estimate of drug-likeness (QED) is 0.451. The van der Waals surface area contributed by atoms with E-state index in [1.54, 1.807) is 24.3 Å². The van der Waals surface area contributed by atoms with Gasteiger partial charge in [-0.3, -0.25) is 14.3 Å². The third kappa shape index (κ3) is 4.64. The number of rotatable bonds is 7. The summed E-state index contributed by atoms with van der Waals surface area (Å²) >= 11 is 1.36. The van der Waals surface area contributed by atoms with Crippen LogP contribution >= 0.6 is 11.8 Å². The molecule has 7 nitrogen and oxygen atoms in total. The molecule has 2 heterocycles. The molecule has 0 aliphatic heterocycles. The van der Waals surface area contributed by atoms with Gasteiger partial charge in [0.25, 0.3) is 0 Å².